The predicted octanol–water partition coefficient (Wildman–Crippen LogP) is 10.6. The Bertz CT molecular complexity index is 2790. The number of amides is 2. The molecule has 0 N–H and O–H groups in total. The van der Waals surface area contributed by atoms with Crippen LogP contribution < -0.4 is 25.7 Å². The van der Waals surface area contributed by atoms with Crippen molar-refractivity contribution in [1.82, 2.24) is 0 Å². The van der Waals surface area contributed by atoms with Crippen molar-refractivity contribution in [2.75, 3.05) is 36.1 Å². The molecule has 5 nitrogen and oxygen atoms in total. The molecule has 3 aliphatic rings. The van der Waals surface area contributed by atoms with Crippen molar-refractivity contribution in [1.29, 1.82) is 0 Å². The molecule has 5 aromatic rings. The van der Waals surface area contributed by atoms with Crippen molar-refractivity contribution in [2.45, 2.75) is 41.5 Å². The van der Waals surface area contributed by atoms with E-state index in [0.29, 0.717) is 37.4 Å². The molecule has 1 fully saturated rings. The van der Waals surface area contributed by atoms with Gasteiger partial charge >= 0.3 is 307 Å². The number of allylic oxidation sites excluding steroid dienone is 5. The number of nitrogens with zero attached hydrogens (tertiary/aromatic N) is 2. The number of fused-ring (bicyclic) bond motifs is 2. The summed E-state index contributed by atoms with van der Waals surface area (Å²) in [5.74, 6) is 7.45. The van der Waals surface area contributed by atoms with Crippen LogP contribution in [-0.4, -0.2) is 38.1 Å². The van der Waals surface area contributed by atoms with Crippen LogP contribution in [0.1, 0.15) is 63.8 Å². The predicted molar refractivity (Wildman–Crippen MR) is 264 cm³/mol. The zero-order valence-electron chi connectivity index (χ0n) is 37.3. The maximum absolute atomic E-state index is 14.8. The summed E-state index contributed by atoms with van der Waals surface area (Å²) in [6.45, 7) is 14.6. The fourth-order valence-electron chi connectivity index (χ4n) is 9.03. The normalized spacial score (nSPS) is 17.7. The minimum atomic E-state index is -2.58. The molecule has 3 aliphatic heterocycles. The molecule has 0 bridgehead atoms. The van der Waals surface area contributed by atoms with Crippen LogP contribution in [0.4, 0.5) is 11.4 Å². The van der Waals surface area contributed by atoms with Crippen LogP contribution in [0.3, 0.4) is 0 Å². The third kappa shape index (κ3) is 8.44. The average Bonchev–Trinajstić information content (AvgIpc) is 3.95. The first-order chi connectivity index (χ1) is 31.1. The second-order valence-corrected chi connectivity index (χ2v) is 21.1. The molecule has 0 aliphatic carbocycles. The van der Waals surface area contributed by atoms with Gasteiger partial charge in [0, 0.05) is 6.54 Å². The van der Waals surface area contributed by atoms with Crippen LogP contribution in [0.15, 0.2) is 168 Å². The van der Waals surface area contributed by atoms with Gasteiger partial charge in [-0.05, 0) is 24.5 Å². The summed E-state index contributed by atoms with van der Waals surface area (Å²) >= 11 is 1.74. The van der Waals surface area contributed by atoms with Crippen LogP contribution >= 0.6 is 7.26 Å². The summed E-state index contributed by atoms with van der Waals surface area (Å²) < 4.78 is 9.80. The first-order valence-corrected chi connectivity index (χ1v) is 25.1. The topological polar surface area (TPSA) is 49.9 Å². The van der Waals surface area contributed by atoms with Gasteiger partial charge in [0.25, 0.3) is 0 Å². The van der Waals surface area contributed by atoms with Gasteiger partial charge in [0.2, 0.25) is 0 Å². The zero-order chi connectivity index (χ0) is 45.0. The molecular weight excluding hydrogens is 982 g/mol. The van der Waals surface area contributed by atoms with Crippen LogP contribution in [0, 0.1) is 28.0 Å². The molecule has 0 aromatic heterocycles. The summed E-state index contributed by atoms with van der Waals surface area (Å²) in [5.41, 5.74) is 9.00. The van der Waals surface area contributed by atoms with E-state index in [-0.39, 0.29) is 23.7 Å². The molecule has 0 spiro atoms. The summed E-state index contributed by atoms with van der Waals surface area (Å²) in [4.78, 5) is 33.1. The van der Waals surface area contributed by atoms with Crippen molar-refractivity contribution < 1.29 is 32.3 Å². The monoisotopic (exact) mass is 1040 g/mol. The Morgan fingerprint density at radius 3 is 1.67 bits per heavy atom. The number of benzene rings is 5. The first-order valence-electron chi connectivity index (χ1n) is 22.0. The minimum absolute atomic E-state index is 0.132. The molecule has 0 saturated carbocycles. The molecule has 0 unspecified atom stereocenters. The molecule has 5 aromatic carbocycles. The second kappa shape index (κ2) is 19.5. The van der Waals surface area contributed by atoms with E-state index in [4.69, 9.17) is 4.74 Å². The fraction of sp³-hybridized carbons (Fsp3) is 0.211. The van der Waals surface area contributed by atoms with Crippen molar-refractivity contribution >= 4 is 63.6 Å². The van der Waals surface area contributed by atoms with Gasteiger partial charge in [0.15, 0.2) is 0 Å². The zero-order valence-corrected chi connectivity index (χ0v) is 40.8. The van der Waals surface area contributed by atoms with Crippen molar-refractivity contribution in [3.63, 3.8) is 0 Å². The summed E-state index contributed by atoms with van der Waals surface area (Å²) in [6.07, 6.45) is 8.38. The summed E-state index contributed by atoms with van der Waals surface area (Å²) in [5, 5.41) is 4.68. The second-order valence-electron chi connectivity index (χ2n) is 17.1. The van der Waals surface area contributed by atoms with Gasteiger partial charge in [-0.15, -0.1) is 0 Å². The standard InChI is InChI=1S/C57H53N2O3P.Os/c1-8-19-42-27-30-50-52(32-42)58(35-39(3)4)56(60)54(50)55-51-31-28-43(33-53(51)59(57(55)61)36-40(5)6)26-29-45(34-46-38-62-37-44(46)9-2)41(7)63(47-20-13-10-14-21-47,48-22-15-11-16-23-48)49-24-17-12-18-25-49;/h8-25,27-28,30-34,39-40H,35-38H2,1-6H3;/q+1;/b19-8+,44-9?,45-41?,46-34?,55-54+;. The van der Waals surface area contributed by atoms with E-state index < -0.39 is 7.26 Å². The molecular formula is C57H53N2O3OsP+. The van der Waals surface area contributed by atoms with Crippen LogP contribution in [0.25, 0.3) is 17.2 Å². The molecule has 321 valence electrons. The van der Waals surface area contributed by atoms with Crippen molar-refractivity contribution in [3.8, 4) is 16.2 Å². The molecule has 0 radical (unpaired) electrons. The number of hydrogen-bond donors (Lipinski definition) is 0. The van der Waals surface area contributed by atoms with E-state index in [2.05, 4.69) is 160 Å². The van der Waals surface area contributed by atoms with E-state index in [0.717, 1.165) is 55.7 Å². The Hall–Kier alpha value is -5.89. The molecule has 1 saturated heterocycles. The Balaban J connectivity index is 1.36. The fourth-order valence-corrected chi connectivity index (χ4v) is 14.8. The van der Waals surface area contributed by atoms with Gasteiger partial charge in [0.1, 0.15) is 0 Å². The number of anilines is 2. The molecule has 3 heterocycles. The molecule has 7 heteroatoms. The Morgan fingerprint density at radius 1 is 0.688 bits per heavy atom. The van der Waals surface area contributed by atoms with Gasteiger partial charge in [-0.25, -0.2) is 0 Å². The van der Waals surface area contributed by atoms with E-state index in [9.17, 15) is 9.59 Å². The Labute approximate surface area is 389 Å². The maximum atomic E-state index is 14.8. The SMILES string of the molecule is CC=C1COCC1=CC(C#Cc1ccc2c(c1)N(CC(C)C)C(=O)/C2=C1/C(=O)N(CC(C)C)c2cc(/C=C/C)ccc21)=C([C]#[Os])[P+](c1ccccc1)(c1ccccc1)c1ccccc1. The van der Waals surface area contributed by atoms with Crippen LogP contribution in [0.5, 0.6) is 0 Å². The molecule has 2 amide bonds. The number of rotatable bonds is 10. The van der Waals surface area contributed by atoms with Crippen molar-refractivity contribution in [3.05, 3.63) is 190 Å². The van der Waals surface area contributed by atoms with E-state index in [1.54, 1.807) is 17.9 Å². The van der Waals surface area contributed by atoms with Gasteiger partial charge in [-0.1, -0.05) is 38.1 Å². The first kappa shape index (κ1) is 44.7. The number of carbonyl (C=O) groups is 2. The number of carbonyl (C=O) groups excluding carboxylic acids is 2. The van der Waals surface area contributed by atoms with Crippen LogP contribution in [0.2, 0.25) is 0 Å². The average molecular weight is 1040 g/mol. The van der Waals surface area contributed by atoms with E-state index in [1.807, 2.05) is 59.2 Å². The number of hydrogen-bond acceptors (Lipinski definition) is 3. The Morgan fingerprint density at radius 2 is 1.19 bits per heavy atom. The summed E-state index contributed by atoms with van der Waals surface area (Å²) in [7, 11) is -2.58. The quantitative estimate of drug-likeness (QED) is 0.0796. The van der Waals surface area contributed by atoms with Gasteiger partial charge in [-0.3, -0.25) is 4.79 Å². The number of ether oxygens (including phenoxy) is 1. The Kier molecular flexibility index (Phi) is 13.6. The molecule has 0 atom stereocenters. The van der Waals surface area contributed by atoms with Gasteiger partial charge in [0.05, 0.1) is 5.69 Å². The van der Waals surface area contributed by atoms with Gasteiger partial charge < -0.3 is 4.90 Å². The third-order valence-electron chi connectivity index (χ3n) is 11.8. The van der Waals surface area contributed by atoms with Crippen molar-refractivity contribution in [2.24, 2.45) is 11.8 Å². The van der Waals surface area contributed by atoms with E-state index >= 15 is 0 Å². The summed E-state index contributed by atoms with van der Waals surface area (Å²) in [6, 6.07) is 44.5. The van der Waals surface area contributed by atoms with Crippen LogP contribution in [-0.2, 0) is 32.3 Å². The molecule has 64 heavy (non-hydrogen) atoms. The molecule has 8 rings (SSSR count). The van der Waals surface area contributed by atoms with Gasteiger partial charge in [-0.2, -0.15) is 0 Å². The third-order valence-corrected chi connectivity index (χ3v) is 17.2. The van der Waals surface area contributed by atoms with E-state index in [1.165, 1.54) is 15.9 Å².